The van der Waals surface area contributed by atoms with E-state index < -0.39 is 64.6 Å². The molecule has 0 fully saturated rings. The number of carbonyl (C=O) groups is 1. The number of benzene rings is 1. The number of carbonyl (C=O) groups excluding carboxylic acids is 1. The summed E-state index contributed by atoms with van der Waals surface area (Å²) in [6.07, 6.45) is 0. The van der Waals surface area contributed by atoms with E-state index in [0.29, 0.717) is 16.7 Å². The van der Waals surface area contributed by atoms with Crippen molar-refractivity contribution in [3.63, 3.8) is 0 Å². The molecule has 0 radical (unpaired) electrons. The first-order valence-corrected chi connectivity index (χ1v) is 48.7. The van der Waals surface area contributed by atoms with E-state index in [-0.39, 0.29) is 5.78 Å². The molecule has 306 valence electrons. The standard InChI is InChI=1S/C49H72OSi8/c1-51(2,3)32-25-39-40(26-33-52(4,5)6)44(30-37-56(16,17)18)49(58(22,23)24)47(41(39)27-34-53(7,8)9)46-42(28-35-54(10,11)12)43(29-36-55(13,14)15)48(50)45(46)31-38-57(19,20)21/h1-24H3. The maximum atomic E-state index is 15.2. The van der Waals surface area contributed by atoms with E-state index in [1.807, 2.05) is 0 Å². The molecule has 1 aliphatic rings. The Labute approximate surface area is 365 Å². The fourth-order valence-electron chi connectivity index (χ4n) is 5.22. The third-order valence-corrected chi connectivity index (χ3v) is 15.8. The lowest BCUT2D eigenvalue weighted by Gasteiger charge is -2.28. The third kappa shape index (κ3) is 16.6. The van der Waals surface area contributed by atoms with Crippen LogP contribution in [0.4, 0.5) is 0 Å². The van der Waals surface area contributed by atoms with Gasteiger partial charge in [0, 0.05) is 22.3 Å². The monoisotopic (exact) mass is 900 g/mol. The van der Waals surface area contributed by atoms with Gasteiger partial charge in [-0.05, 0) is 5.19 Å². The summed E-state index contributed by atoms with van der Waals surface area (Å²) in [5.74, 6) is 25.8. The molecule has 0 bridgehead atoms. The van der Waals surface area contributed by atoms with Crippen molar-refractivity contribution >= 4 is 81.1 Å². The lowest BCUT2D eigenvalue weighted by atomic mass is 9.85. The Kier molecular flexibility index (Phi) is 15.8. The van der Waals surface area contributed by atoms with Crippen LogP contribution in [0.2, 0.25) is 157 Å². The predicted octanol–water partition coefficient (Wildman–Crippen LogP) is 11.4. The summed E-state index contributed by atoms with van der Waals surface area (Å²) < 4.78 is 0. The molecule has 1 nitrogen and oxygen atoms in total. The number of Topliss-reactive ketones (excluding diaryl/α,β-unsaturated/α-hetero) is 1. The Morgan fingerprint density at radius 3 is 0.879 bits per heavy atom. The Balaban J connectivity index is 4.01. The molecule has 0 N–H and O–H groups in total. The summed E-state index contributed by atoms with van der Waals surface area (Å²) in [7, 11) is -15.7. The average molecular weight is 902 g/mol. The second-order valence-electron chi connectivity index (χ2n) is 23.8. The van der Waals surface area contributed by atoms with Crippen molar-refractivity contribution in [3.05, 3.63) is 44.5 Å². The molecule has 0 unspecified atom stereocenters. The molecule has 0 amide bonds. The van der Waals surface area contributed by atoms with Gasteiger partial charge < -0.3 is 0 Å². The van der Waals surface area contributed by atoms with Crippen molar-refractivity contribution in [2.45, 2.75) is 157 Å². The fourth-order valence-corrected chi connectivity index (χ4v) is 10.7. The summed E-state index contributed by atoms with van der Waals surface area (Å²) in [4.78, 5) is 15.2. The summed E-state index contributed by atoms with van der Waals surface area (Å²) in [5.41, 5.74) is 32.8. The normalized spacial score (nSPS) is 13.8. The predicted molar refractivity (Wildman–Crippen MR) is 283 cm³/mol. The highest BCUT2D eigenvalue weighted by atomic mass is 28.3. The van der Waals surface area contributed by atoms with E-state index in [0.717, 1.165) is 33.4 Å². The van der Waals surface area contributed by atoms with E-state index in [9.17, 15) is 0 Å². The van der Waals surface area contributed by atoms with E-state index >= 15 is 4.79 Å². The second kappa shape index (κ2) is 17.9. The van der Waals surface area contributed by atoms with Crippen molar-refractivity contribution in [2.75, 3.05) is 0 Å². The first kappa shape index (κ1) is 51.2. The topological polar surface area (TPSA) is 17.1 Å². The van der Waals surface area contributed by atoms with Crippen LogP contribution in [-0.2, 0) is 4.79 Å². The first-order chi connectivity index (χ1) is 25.7. The Hall–Kier alpha value is -2.97. The van der Waals surface area contributed by atoms with Crippen LogP contribution in [0.25, 0.3) is 5.57 Å². The number of rotatable bonds is 2. The maximum absolute atomic E-state index is 15.2. The molecule has 0 spiro atoms. The maximum Gasteiger partial charge on any atom is 0.211 e. The van der Waals surface area contributed by atoms with Crippen LogP contribution in [0.15, 0.2) is 16.7 Å². The molecule has 1 aromatic carbocycles. The molecular weight excluding hydrogens is 829 g/mol. The molecule has 9 heteroatoms. The second-order valence-corrected chi connectivity index (χ2v) is 62.1. The van der Waals surface area contributed by atoms with Crippen molar-refractivity contribution in [1.29, 1.82) is 0 Å². The highest BCUT2D eigenvalue weighted by Crippen LogP contribution is 2.40. The Bertz CT molecular complexity index is 2390. The molecular formula is C49H72OSi8. The van der Waals surface area contributed by atoms with Gasteiger partial charge in [0.2, 0.25) is 5.78 Å². The van der Waals surface area contributed by atoms with Crippen LogP contribution in [-0.4, -0.2) is 70.4 Å². The third-order valence-electron chi connectivity index (χ3n) is 7.64. The molecule has 0 aliphatic heterocycles. The van der Waals surface area contributed by atoms with Crippen molar-refractivity contribution in [3.8, 4) is 80.2 Å². The lowest BCUT2D eigenvalue weighted by molar-refractivity contribution is -0.111. The minimum Gasteiger partial charge on any atom is -0.287 e. The zero-order chi connectivity index (χ0) is 45.3. The van der Waals surface area contributed by atoms with Gasteiger partial charge in [0.25, 0.3) is 0 Å². The van der Waals surface area contributed by atoms with Gasteiger partial charge in [-0.25, -0.2) is 0 Å². The molecule has 1 aromatic rings. The van der Waals surface area contributed by atoms with E-state index in [2.05, 4.69) is 237 Å². The largest absolute Gasteiger partial charge is 0.287 e. The number of ketones is 1. The molecule has 0 saturated heterocycles. The van der Waals surface area contributed by atoms with Crippen LogP contribution >= 0.6 is 0 Å². The van der Waals surface area contributed by atoms with E-state index in [1.54, 1.807) is 0 Å². The SMILES string of the molecule is C[Si](C)(C)C#CC1=C(C#C[Si](C)(C)C)C(c2c(C#C[Si](C)(C)C)c(C#C[Si](C)(C)C)c(C#C[Si](C)(C)C)c(C#C[Si](C)(C)C)c2[Si](C)(C)C)=C(C#C[Si](C)(C)C)C1=O. The van der Waals surface area contributed by atoms with Crippen molar-refractivity contribution in [2.24, 2.45) is 0 Å². The fraction of sp³-hybridized carbons (Fsp3) is 0.490. The zero-order valence-corrected chi connectivity index (χ0v) is 48.9. The number of hydrogen-bond acceptors (Lipinski definition) is 1. The summed E-state index contributed by atoms with van der Waals surface area (Å²) in [6.45, 7) is 54.7. The van der Waals surface area contributed by atoms with Gasteiger partial charge >= 0.3 is 0 Å². The molecule has 0 saturated carbocycles. The summed E-state index contributed by atoms with van der Waals surface area (Å²) in [6, 6.07) is 0. The highest BCUT2D eigenvalue weighted by molar-refractivity contribution is 6.90. The zero-order valence-electron chi connectivity index (χ0n) is 40.9. The van der Waals surface area contributed by atoms with Crippen molar-refractivity contribution in [1.82, 2.24) is 0 Å². The lowest BCUT2D eigenvalue weighted by Crippen LogP contribution is -2.44. The number of allylic oxidation sites excluding steroid dienone is 4. The molecule has 2 rings (SSSR count). The molecule has 0 atom stereocenters. The van der Waals surface area contributed by atoms with Gasteiger partial charge in [-0.3, -0.25) is 4.79 Å². The van der Waals surface area contributed by atoms with E-state index in [1.165, 1.54) is 5.19 Å². The van der Waals surface area contributed by atoms with Gasteiger partial charge in [0.1, 0.15) is 56.5 Å². The molecule has 0 aromatic heterocycles. The smallest absolute Gasteiger partial charge is 0.211 e. The Morgan fingerprint density at radius 1 is 0.293 bits per heavy atom. The van der Waals surface area contributed by atoms with Gasteiger partial charge in [-0.15, -0.1) is 38.8 Å². The van der Waals surface area contributed by atoms with Gasteiger partial charge in [0.05, 0.1) is 35.9 Å². The van der Waals surface area contributed by atoms with E-state index in [4.69, 9.17) is 0 Å². The average Bonchev–Trinajstić information content (AvgIpc) is 3.23. The Morgan fingerprint density at radius 2 is 0.552 bits per heavy atom. The van der Waals surface area contributed by atoms with Crippen LogP contribution < -0.4 is 5.19 Å². The van der Waals surface area contributed by atoms with Gasteiger partial charge in [-0.1, -0.05) is 199 Å². The summed E-state index contributed by atoms with van der Waals surface area (Å²) >= 11 is 0. The molecule has 1 aliphatic carbocycles. The van der Waals surface area contributed by atoms with Gasteiger partial charge in [0.15, 0.2) is 0 Å². The minimum absolute atomic E-state index is 0.121. The van der Waals surface area contributed by atoms with Gasteiger partial charge in [-0.2, -0.15) is 0 Å². The number of hydrogen-bond donors (Lipinski definition) is 0. The van der Waals surface area contributed by atoms with Crippen LogP contribution in [0.3, 0.4) is 0 Å². The molecule has 0 heterocycles. The van der Waals surface area contributed by atoms with Crippen molar-refractivity contribution < 1.29 is 4.79 Å². The van der Waals surface area contributed by atoms with Crippen LogP contribution in [0.5, 0.6) is 0 Å². The summed E-state index contributed by atoms with van der Waals surface area (Å²) in [5, 5.41) is 1.17. The quantitative estimate of drug-likeness (QED) is 0.214. The first-order valence-electron chi connectivity index (χ1n) is 20.7. The minimum atomic E-state index is -2.37. The highest BCUT2D eigenvalue weighted by Gasteiger charge is 2.39. The molecule has 58 heavy (non-hydrogen) atoms. The van der Waals surface area contributed by atoms with Crippen LogP contribution in [0.1, 0.15) is 27.8 Å². The van der Waals surface area contributed by atoms with Crippen LogP contribution in [0, 0.1) is 80.2 Å².